The molecule has 0 bridgehead atoms. The largest absolute Gasteiger partial charge is 0.298 e. The lowest BCUT2D eigenvalue weighted by Gasteiger charge is -2.28. The van der Waals surface area contributed by atoms with Crippen LogP contribution in [0.4, 0.5) is 0 Å². The number of fused-ring (bicyclic) bond motifs is 2. The molecule has 4 heterocycles. The lowest BCUT2D eigenvalue weighted by molar-refractivity contribution is 0.256. The molecule has 0 radical (unpaired) electrons. The fourth-order valence-electron chi connectivity index (χ4n) is 3.11. The van der Waals surface area contributed by atoms with Gasteiger partial charge in [0.25, 0.3) is 0 Å². The highest BCUT2D eigenvalue weighted by Gasteiger charge is 2.18. The Morgan fingerprint density at radius 3 is 3.14 bits per heavy atom. The molecule has 1 aliphatic heterocycles. The number of hydrogen-bond acceptors (Lipinski definition) is 4. The first kappa shape index (κ1) is 13.9. The lowest BCUT2D eigenvalue weighted by Crippen LogP contribution is -2.32. The van der Waals surface area contributed by atoms with Crippen LogP contribution in [0.25, 0.3) is 11.0 Å². The first-order valence-corrected chi connectivity index (χ1v) is 8.66. The topological polar surface area (TPSA) is 29.0 Å². The number of nitrogens with zero attached hydrogens (tertiary/aromatic N) is 3. The summed E-state index contributed by atoms with van der Waals surface area (Å²) in [6.45, 7) is 5.32. The van der Waals surface area contributed by atoms with Gasteiger partial charge in [0.2, 0.25) is 0 Å². The van der Waals surface area contributed by atoms with E-state index < -0.39 is 0 Å². The van der Waals surface area contributed by atoms with Crippen molar-refractivity contribution in [2.75, 3.05) is 13.1 Å². The Balaban J connectivity index is 1.54. The molecule has 0 amide bonds. The second-order valence-electron chi connectivity index (χ2n) is 6.01. The van der Waals surface area contributed by atoms with Gasteiger partial charge in [-0.1, -0.05) is 6.07 Å². The van der Waals surface area contributed by atoms with Crippen LogP contribution < -0.4 is 0 Å². The van der Waals surface area contributed by atoms with Gasteiger partial charge in [-0.05, 0) is 48.1 Å². The van der Waals surface area contributed by atoms with Crippen molar-refractivity contribution in [1.82, 2.24) is 14.9 Å². The van der Waals surface area contributed by atoms with E-state index in [-0.39, 0.29) is 0 Å². The number of aryl methyl sites for hydroxylation is 1. The highest BCUT2D eigenvalue weighted by Crippen LogP contribution is 2.22. The van der Waals surface area contributed by atoms with Crippen LogP contribution in [-0.2, 0) is 19.4 Å². The monoisotopic (exact) mass is 309 g/mol. The molecule has 0 spiro atoms. The van der Waals surface area contributed by atoms with E-state index in [9.17, 15) is 0 Å². The van der Waals surface area contributed by atoms with E-state index in [1.165, 1.54) is 27.1 Å². The summed E-state index contributed by atoms with van der Waals surface area (Å²) in [5, 5.41) is 3.32. The van der Waals surface area contributed by atoms with Crippen molar-refractivity contribution < 1.29 is 0 Å². The van der Waals surface area contributed by atoms with Crippen LogP contribution in [0.15, 0.2) is 35.8 Å². The smallest absolute Gasteiger partial charge is 0.159 e. The Labute approximate surface area is 134 Å². The molecular weight excluding hydrogens is 290 g/mol. The van der Waals surface area contributed by atoms with Gasteiger partial charge in [0.05, 0.1) is 0 Å². The van der Waals surface area contributed by atoms with Crippen LogP contribution >= 0.6 is 11.3 Å². The van der Waals surface area contributed by atoms with E-state index in [1.54, 1.807) is 0 Å². The second-order valence-corrected chi connectivity index (χ2v) is 7.04. The molecule has 1 aliphatic rings. The number of rotatable bonds is 3. The Bertz CT molecular complexity index is 795. The zero-order chi connectivity index (χ0) is 14.9. The van der Waals surface area contributed by atoms with Gasteiger partial charge in [-0.2, -0.15) is 0 Å². The SMILES string of the molecule is Cc1cnc2nc3c(cc2c1)CN(CCc1cccs1)CC3. The molecule has 0 atom stereocenters. The molecule has 0 saturated carbocycles. The van der Waals surface area contributed by atoms with Gasteiger partial charge in [0.1, 0.15) is 0 Å². The molecule has 0 unspecified atom stereocenters. The number of pyridine rings is 2. The third-order valence-electron chi connectivity index (χ3n) is 4.29. The van der Waals surface area contributed by atoms with Gasteiger partial charge in [0, 0.05) is 48.2 Å². The Morgan fingerprint density at radius 2 is 2.27 bits per heavy atom. The quantitative estimate of drug-likeness (QED) is 0.740. The van der Waals surface area contributed by atoms with Crippen molar-refractivity contribution in [2.45, 2.75) is 26.3 Å². The maximum Gasteiger partial charge on any atom is 0.159 e. The summed E-state index contributed by atoms with van der Waals surface area (Å²) in [6, 6.07) is 8.83. The van der Waals surface area contributed by atoms with E-state index >= 15 is 0 Å². The highest BCUT2D eigenvalue weighted by atomic mass is 32.1. The first-order valence-electron chi connectivity index (χ1n) is 7.78. The predicted molar refractivity (Wildman–Crippen MR) is 91.3 cm³/mol. The summed E-state index contributed by atoms with van der Waals surface area (Å²) >= 11 is 1.85. The maximum atomic E-state index is 4.77. The molecular formula is C18H19N3S. The summed E-state index contributed by atoms with van der Waals surface area (Å²) in [5.74, 6) is 0. The van der Waals surface area contributed by atoms with Gasteiger partial charge in [-0.25, -0.2) is 9.97 Å². The van der Waals surface area contributed by atoms with E-state index in [0.29, 0.717) is 0 Å². The van der Waals surface area contributed by atoms with Crippen LogP contribution in [0.2, 0.25) is 0 Å². The third kappa shape index (κ3) is 2.76. The second kappa shape index (κ2) is 5.78. The Morgan fingerprint density at radius 1 is 1.32 bits per heavy atom. The van der Waals surface area contributed by atoms with Crippen LogP contribution in [0, 0.1) is 6.92 Å². The standard InChI is InChI=1S/C18H19N3S/c1-13-9-14-10-15-12-21(6-4-16-3-2-8-22-16)7-5-17(15)20-18(14)19-11-13/h2-3,8-11H,4-7,12H2,1H3. The van der Waals surface area contributed by atoms with Gasteiger partial charge >= 0.3 is 0 Å². The van der Waals surface area contributed by atoms with Crippen LogP contribution in [0.5, 0.6) is 0 Å². The van der Waals surface area contributed by atoms with Crippen LogP contribution in [-0.4, -0.2) is 28.0 Å². The maximum absolute atomic E-state index is 4.77. The minimum absolute atomic E-state index is 0.886. The average molecular weight is 309 g/mol. The zero-order valence-electron chi connectivity index (χ0n) is 12.7. The van der Waals surface area contributed by atoms with Crippen LogP contribution in [0.1, 0.15) is 21.7 Å². The fourth-order valence-corrected chi connectivity index (χ4v) is 3.80. The number of hydrogen-bond donors (Lipinski definition) is 0. The molecule has 112 valence electrons. The molecule has 4 heteroatoms. The summed E-state index contributed by atoms with van der Waals surface area (Å²) in [4.78, 5) is 13.2. The van der Waals surface area contributed by atoms with Gasteiger partial charge in [-0.15, -0.1) is 11.3 Å². The minimum Gasteiger partial charge on any atom is -0.298 e. The number of thiophene rings is 1. The Kier molecular flexibility index (Phi) is 3.64. The van der Waals surface area contributed by atoms with E-state index in [0.717, 1.165) is 38.1 Å². The van der Waals surface area contributed by atoms with Gasteiger partial charge < -0.3 is 0 Å². The molecule has 0 aromatic carbocycles. The van der Waals surface area contributed by atoms with Crippen molar-refractivity contribution in [3.05, 3.63) is 57.5 Å². The van der Waals surface area contributed by atoms with Crippen molar-refractivity contribution in [2.24, 2.45) is 0 Å². The minimum atomic E-state index is 0.886. The summed E-state index contributed by atoms with van der Waals surface area (Å²) in [6.07, 6.45) is 4.08. The zero-order valence-corrected chi connectivity index (χ0v) is 13.6. The molecule has 4 rings (SSSR count). The summed E-state index contributed by atoms with van der Waals surface area (Å²) < 4.78 is 0. The molecule has 3 aromatic rings. The van der Waals surface area contributed by atoms with Crippen molar-refractivity contribution in [1.29, 1.82) is 0 Å². The van der Waals surface area contributed by atoms with Crippen molar-refractivity contribution in [3.63, 3.8) is 0 Å². The molecule has 0 N–H and O–H groups in total. The summed E-state index contributed by atoms with van der Waals surface area (Å²) in [7, 11) is 0. The predicted octanol–water partition coefficient (Wildman–Crippen LogP) is 3.60. The molecule has 3 aromatic heterocycles. The normalized spacial score (nSPS) is 15.1. The lowest BCUT2D eigenvalue weighted by atomic mass is 10.0. The average Bonchev–Trinajstić information content (AvgIpc) is 3.04. The van der Waals surface area contributed by atoms with Gasteiger partial charge in [0.15, 0.2) is 5.65 Å². The van der Waals surface area contributed by atoms with Crippen molar-refractivity contribution >= 4 is 22.4 Å². The molecule has 0 aliphatic carbocycles. The molecule has 0 fully saturated rings. The molecule has 3 nitrogen and oxygen atoms in total. The highest BCUT2D eigenvalue weighted by molar-refractivity contribution is 7.09. The number of aromatic nitrogens is 2. The van der Waals surface area contributed by atoms with Gasteiger partial charge in [-0.3, -0.25) is 4.90 Å². The van der Waals surface area contributed by atoms with Crippen molar-refractivity contribution in [3.8, 4) is 0 Å². The molecule has 0 saturated heterocycles. The molecule has 22 heavy (non-hydrogen) atoms. The summed E-state index contributed by atoms with van der Waals surface area (Å²) in [5.41, 5.74) is 4.68. The fraction of sp³-hybridized carbons (Fsp3) is 0.333. The van der Waals surface area contributed by atoms with Crippen LogP contribution in [0.3, 0.4) is 0 Å². The van der Waals surface area contributed by atoms with E-state index in [4.69, 9.17) is 4.98 Å². The third-order valence-corrected chi connectivity index (χ3v) is 5.22. The Hall–Kier alpha value is -1.78. The first-order chi connectivity index (χ1) is 10.8. The van der Waals surface area contributed by atoms with E-state index in [1.807, 2.05) is 17.5 Å². The van der Waals surface area contributed by atoms with E-state index in [2.05, 4.69) is 46.5 Å².